The summed E-state index contributed by atoms with van der Waals surface area (Å²) >= 11 is 0.881. The Hall–Kier alpha value is -2.59. The summed E-state index contributed by atoms with van der Waals surface area (Å²) in [5.74, 6) is -0.0789. The van der Waals surface area contributed by atoms with Crippen LogP contribution in [0, 0.1) is 17.2 Å². The topological polar surface area (TPSA) is 101 Å². The lowest BCUT2D eigenvalue weighted by Gasteiger charge is -2.06. The Balaban J connectivity index is 2.66. The third kappa shape index (κ3) is 6.36. The number of rotatable bonds is 7. The van der Waals surface area contributed by atoms with Gasteiger partial charge in [0.2, 0.25) is 0 Å². The highest BCUT2D eigenvalue weighted by Crippen LogP contribution is 2.21. The van der Waals surface area contributed by atoms with Crippen molar-refractivity contribution in [1.29, 1.82) is 5.26 Å². The number of ether oxygens (including phenoxy) is 1. The van der Waals surface area contributed by atoms with Crippen LogP contribution in [-0.2, 0) is 4.74 Å². The van der Waals surface area contributed by atoms with Crippen molar-refractivity contribution in [2.24, 2.45) is 21.3 Å². The van der Waals surface area contributed by atoms with Gasteiger partial charge in [-0.15, -0.1) is 9.63 Å². The van der Waals surface area contributed by atoms with Crippen LogP contribution >= 0.6 is 11.9 Å². The number of carbonyl (C=O) groups excluding carboxylic acids is 1. The van der Waals surface area contributed by atoms with Crippen molar-refractivity contribution in [2.45, 2.75) is 13.8 Å². The number of nitriles is 1. The van der Waals surface area contributed by atoms with Gasteiger partial charge in [-0.1, -0.05) is 20.4 Å². The Labute approximate surface area is 139 Å². The van der Waals surface area contributed by atoms with Gasteiger partial charge < -0.3 is 10.5 Å². The van der Waals surface area contributed by atoms with E-state index in [1.807, 2.05) is 19.9 Å². The van der Waals surface area contributed by atoms with Gasteiger partial charge in [-0.2, -0.15) is 5.26 Å². The van der Waals surface area contributed by atoms with E-state index in [1.165, 1.54) is 6.08 Å². The zero-order valence-corrected chi connectivity index (χ0v) is 13.8. The maximum atomic E-state index is 11.8. The van der Waals surface area contributed by atoms with Crippen molar-refractivity contribution < 1.29 is 9.53 Å². The van der Waals surface area contributed by atoms with E-state index in [-0.39, 0.29) is 22.5 Å². The quantitative estimate of drug-likeness (QED) is 0.266. The lowest BCUT2D eigenvalue weighted by Crippen LogP contribution is -2.09. The lowest BCUT2D eigenvalue weighted by molar-refractivity contribution is 0.0459. The van der Waals surface area contributed by atoms with Gasteiger partial charge >= 0.3 is 5.97 Å². The molecule has 0 radical (unpaired) electrons. The molecule has 2 N–H and O–H groups in total. The van der Waals surface area contributed by atoms with Crippen molar-refractivity contribution in [3.8, 4) is 6.07 Å². The van der Waals surface area contributed by atoms with Crippen LogP contribution in [0.3, 0.4) is 0 Å². The van der Waals surface area contributed by atoms with E-state index in [2.05, 4.69) is 16.2 Å². The summed E-state index contributed by atoms with van der Waals surface area (Å²) in [6.45, 7) is 7.81. The maximum Gasteiger partial charge on any atom is 0.338 e. The molecule has 1 aromatic rings. The number of carbonyl (C=O) groups is 1. The first-order chi connectivity index (χ1) is 11.0. The van der Waals surface area contributed by atoms with Crippen LogP contribution in [0.2, 0.25) is 0 Å². The molecular formula is C16H18N4O2S. The average molecular weight is 330 g/mol. The third-order valence-electron chi connectivity index (χ3n) is 2.54. The molecule has 0 saturated heterocycles. The van der Waals surface area contributed by atoms with E-state index < -0.39 is 0 Å². The minimum Gasteiger partial charge on any atom is -0.462 e. The molecule has 0 aromatic heterocycles. The van der Waals surface area contributed by atoms with E-state index in [4.69, 9.17) is 15.7 Å². The van der Waals surface area contributed by atoms with Gasteiger partial charge in [-0.25, -0.2) is 4.79 Å². The Morgan fingerprint density at radius 3 is 2.65 bits per heavy atom. The molecule has 0 saturated carbocycles. The van der Waals surface area contributed by atoms with Crippen LogP contribution in [0.1, 0.15) is 24.2 Å². The summed E-state index contributed by atoms with van der Waals surface area (Å²) in [5, 5.41) is 13.0. The summed E-state index contributed by atoms with van der Waals surface area (Å²) in [4.78, 5) is 11.8. The molecule has 7 heteroatoms. The molecule has 0 aliphatic rings. The van der Waals surface area contributed by atoms with Gasteiger partial charge in [0.25, 0.3) is 0 Å². The molecule has 0 unspecified atom stereocenters. The normalized spacial score (nSPS) is 11.9. The predicted octanol–water partition coefficient (Wildman–Crippen LogP) is 4.11. The number of benzene rings is 1. The molecule has 0 heterocycles. The summed E-state index contributed by atoms with van der Waals surface area (Å²) in [7, 11) is 0. The van der Waals surface area contributed by atoms with Crippen LogP contribution < -0.4 is 5.73 Å². The average Bonchev–Trinajstić information content (AvgIpc) is 2.54. The number of hydrogen-bond donors (Lipinski definition) is 1. The summed E-state index contributed by atoms with van der Waals surface area (Å²) in [6, 6.07) is 8.43. The second-order valence-corrected chi connectivity index (χ2v) is 5.69. The fourth-order valence-corrected chi connectivity index (χ4v) is 1.80. The molecule has 0 aliphatic carbocycles. The molecule has 0 fully saturated rings. The fraction of sp³-hybridized carbons (Fsp3) is 0.250. The van der Waals surface area contributed by atoms with E-state index in [1.54, 1.807) is 24.3 Å². The number of allylic oxidation sites excluding steroid dienone is 2. The van der Waals surface area contributed by atoms with Crippen molar-refractivity contribution in [1.82, 2.24) is 0 Å². The molecule has 0 aliphatic heterocycles. The van der Waals surface area contributed by atoms with E-state index >= 15 is 0 Å². The lowest BCUT2D eigenvalue weighted by atomic mass is 10.2. The predicted molar refractivity (Wildman–Crippen MR) is 90.7 cm³/mol. The van der Waals surface area contributed by atoms with Crippen LogP contribution in [0.5, 0.6) is 0 Å². The first-order valence-corrected chi connectivity index (χ1v) is 7.62. The molecule has 120 valence electrons. The van der Waals surface area contributed by atoms with Gasteiger partial charge in [0.1, 0.15) is 11.1 Å². The van der Waals surface area contributed by atoms with Crippen LogP contribution in [0.25, 0.3) is 0 Å². The minimum atomic E-state index is -0.367. The summed E-state index contributed by atoms with van der Waals surface area (Å²) < 4.78 is 8.97. The molecule has 0 amide bonds. The van der Waals surface area contributed by atoms with E-state index in [0.717, 1.165) is 11.9 Å². The molecule has 0 spiro atoms. The highest BCUT2D eigenvalue weighted by molar-refractivity contribution is 8.01. The third-order valence-corrected chi connectivity index (χ3v) is 3.12. The number of hydrogen-bond acceptors (Lipinski definition) is 7. The van der Waals surface area contributed by atoms with Gasteiger partial charge in [0, 0.05) is 0 Å². The number of nitrogens with two attached hydrogens (primary N) is 1. The van der Waals surface area contributed by atoms with Crippen molar-refractivity contribution in [3.63, 3.8) is 0 Å². The minimum absolute atomic E-state index is 0.222. The zero-order chi connectivity index (χ0) is 17.2. The Morgan fingerprint density at radius 2 is 2.13 bits per heavy atom. The Kier molecular flexibility index (Phi) is 7.57. The van der Waals surface area contributed by atoms with Gasteiger partial charge in [0.15, 0.2) is 0 Å². The molecule has 1 rings (SSSR count). The summed E-state index contributed by atoms with van der Waals surface area (Å²) in [5.41, 5.74) is 6.92. The molecule has 1 aromatic carbocycles. The zero-order valence-electron chi connectivity index (χ0n) is 13.0. The molecule has 6 nitrogen and oxygen atoms in total. The van der Waals surface area contributed by atoms with Crippen LogP contribution in [-0.4, -0.2) is 12.6 Å². The second kappa shape index (κ2) is 9.43. The first kappa shape index (κ1) is 18.5. The van der Waals surface area contributed by atoms with Crippen molar-refractivity contribution in [2.75, 3.05) is 6.61 Å². The Morgan fingerprint density at radius 1 is 1.48 bits per heavy atom. The highest BCUT2D eigenvalue weighted by atomic mass is 32.2. The smallest absolute Gasteiger partial charge is 0.338 e. The molecule has 0 atom stereocenters. The second-order valence-electron chi connectivity index (χ2n) is 4.91. The molecular weight excluding hydrogens is 312 g/mol. The monoisotopic (exact) mass is 330 g/mol. The highest BCUT2D eigenvalue weighted by Gasteiger charge is 2.07. The standard InChI is InChI=1S/C16H18N4O2S/c1-4-12(9-17)15(18)23-20-19-14-7-5-13(6-8-14)16(21)22-10-11(2)3/h4-8,11H,1,10,18H2,2-3H3/b15-12+,20-19?. The van der Waals surface area contributed by atoms with Gasteiger partial charge in [-0.3, -0.25) is 0 Å². The SMILES string of the molecule is C=C/C(C#N)=C(/N)SN=Nc1ccc(C(=O)OCC(C)C)cc1. The Bertz CT molecular complexity index is 658. The van der Waals surface area contributed by atoms with Crippen LogP contribution in [0.4, 0.5) is 5.69 Å². The molecule has 23 heavy (non-hydrogen) atoms. The largest absolute Gasteiger partial charge is 0.462 e. The maximum absolute atomic E-state index is 11.8. The van der Waals surface area contributed by atoms with E-state index in [0.29, 0.717) is 17.9 Å². The first-order valence-electron chi connectivity index (χ1n) is 6.85. The van der Waals surface area contributed by atoms with Gasteiger partial charge in [0.05, 0.1) is 35.4 Å². The van der Waals surface area contributed by atoms with Crippen molar-refractivity contribution >= 4 is 23.6 Å². The van der Waals surface area contributed by atoms with Gasteiger partial charge in [-0.05, 0) is 36.3 Å². The number of esters is 1. The van der Waals surface area contributed by atoms with Crippen molar-refractivity contribution in [3.05, 3.63) is 53.1 Å². The molecule has 0 bridgehead atoms. The van der Waals surface area contributed by atoms with E-state index in [9.17, 15) is 4.79 Å². The summed E-state index contributed by atoms with van der Waals surface area (Å²) in [6.07, 6.45) is 1.36. The fourth-order valence-electron chi connectivity index (χ4n) is 1.35. The van der Waals surface area contributed by atoms with Crippen LogP contribution in [0.15, 0.2) is 57.2 Å². The number of nitrogens with zero attached hydrogens (tertiary/aromatic N) is 3.